The van der Waals surface area contributed by atoms with Gasteiger partial charge in [-0.1, -0.05) is 0 Å². The fourth-order valence-electron chi connectivity index (χ4n) is 3.16. The molecule has 0 aromatic heterocycles. The summed E-state index contributed by atoms with van der Waals surface area (Å²) < 4.78 is 12.2. The Hall–Kier alpha value is -0.780. The average Bonchev–Trinajstić information content (AvgIpc) is 2.46. The molecule has 4 nitrogen and oxygen atoms in total. The van der Waals surface area contributed by atoms with E-state index >= 15 is 0 Å². The van der Waals surface area contributed by atoms with Gasteiger partial charge >= 0.3 is 0 Å². The second kappa shape index (κ2) is 5.31. The first-order chi connectivity index (χ1) is 9.24. The molecular weight excluding hydrogens is 310 g/mol. The van der Waals surface area contributed by atoms with E-state index in [-0.39, 0.29) is 12.5 Å². The standard InChI is InChI=1S/C14H18BrNO3/c1-18-9-2-10-11-5-16-4-8(6-17)12(11)7-19-14(10)13(15)3-9/h2-3,8,11-12,16-17H,4-7H2,1H3/t8-,11+,12-/m1/s1. The highest BCUT2D eigenvalue weighted by Crippen LogP contribution is 2.46. The summed E-state index contributed by atoms with van der Waals surface area (Å²) in [4.78, 5) is 0. The zero-order valence-electron chi connectivity index (χ0n) is 10.9. The molecule has 1 fully saturated rings. The van der Waals surface area contributed by atoms with Crippen molar-refractivity contribution in [2.75, 3.05) is 33.4 Å². The average molecular weight is 328 g/mol. The molecule has 0 saturated carbocycles. The Morgan fingerprint density at radius 1 is 1.47 bits per heavy atom. The first kappa shape index (κ1) is 13.2. The second-order valence-corrected chi connectivity index (χ2v) is 6.06. The third-order valence-corrected chi connectivity index (χ3v) is 4.82. The molecule has 2 N–H and O–H groups in total. The highest BCUT2D eigenvalue weighted by Gasteiger charge is 2.39. The minimum Gasteiger partial charge on any atom is -0.497 e. The molecule has 5 heteroatoms. The Kier molecular flexibility index (Phi) is 3.69. The lowest BCUT2D eigenvalue weighted by atomic mass is 9.74. The summed E-state index contributed by atoms with van der Waals surface area (Å²) in [6.45, 7) is 2.67. The zero-order valence-corrected chi connectivity index (χ0v) is 12.4. The van der Waals surface area contributed by atoms with E-state index in [2.05, 4.69) is 27.3 Å². The van der Waals surface area contributed by atoms with E-state index in [0.717, 1.165) is 29.1 Å². The Balaban J connectivity index is 2.01. The lowest BCUT2D eigenvalue weighted by Crippen LogP contribution is -2.47. The number of rotatable bonds is 2. The smallest absolute Gasteiger partial charge is 0.137 e. The lowest BCUT2D eigenvalue weighted by molar-refractivity contribution is 0.0734. The zero-order chi connectivity index (χ0) is 13.4. The predicted molar refractivity (Wildman–Crippen MR) is 75.9 cm³/mol. The van der Waals surface area contributed by atoms with Crippen LogP contribution in [0.15, 0.2) is 16.6 Å². The molecule has 2 aliphatic heterocycles. The number of aliphatic hydroxyl groups is 1. The summed E-state index contributed by atoms with van der Waals surface area (Å²) in [6, 6.07) is 3.98. The molecule has 0 unspecified atom stereocenters. The lowest BCUT2D eigenvalue weighted by Gasteiger charge is -2.42. The number of hydrogen-bond acceptors (Lipinski definition) is 4. The minimum atomic E-state index is 0.206. The molecule has 0 radical (unpaired) electrons. The van der Waals surface area contributed by atoms with Crippen LogP contribution in [0.5, 0.6) is 11.5 Å². The van der Waals surface area contributed by atoms with Gasteiger partial charge in [0.15, 0.2) is 0 Å². The predicted octanol–water partition coefficient (Wildman–Crippen LogP) is 1.76. The van der Waals surface area contributed by atoms with Gasteiger partial charge in [0.05, 0.1) is 18.2 Å². The van der Waals surface area contributed by atoms with Crippen LogP contribution in [0.4, 0.5) is 0 Å². The Labute approximate surface area is 121 Å². The molecule has 1 saturated heterocycles. The Morgan fingerprint density at radius 3 is 3.05 bits per heavy atom. The van der Waals surface area contributed by atoms with E-state index in [1.807, 2.05) is 6.07 Å². The third kappa shape index (κ3) is 2.24. The van der Waals surface area contributed by atoms with Gasteiger partial charge in [-0.05, 0) is 28.1 Å². The van der Waals surface area contributed by atoms with E-state index in [0.29, 0.717) is 18.4 Å². The van der Waals surface area contributed by atoms with E-state index < -0.39 is 0 Å². The first-order valence-corrected chi connectivity index (χ1v) is 7.35. The molecule has 0 aliphatic carbocycles. The molecule has 3 rings (SSSR count). The Morgan fingerprint density at radius 2 is 2.32 bits per heavy atom. The van der Waals surface area contributed by atoms with Crippen LogP contribution in [-0.2, 0) is 0 Å². The van der Waals surface area contributed by atoms with Crippen LogP contribution in [0.3, 0.4) is 0 Å². The van der Waals surface area contributed by atoms with E-state index in [1.165, 1.54) is 5.56 Å². The van der Waals surface area contributed by atoms with Crippen molar-refractivity contribution < 1.29 is 14.6 Å². The van der Waals surface area contributed by atoms with Crippen molar-refractivity contribution in [2.45, 2.75) is 5.92 Å². The number of piperidine rings is 1. The van der Waals surface area contributed by atoms with Crippen molar-refractivity contribution >= 4 is 15.9 Å². The summed E-state index contributed by atoms with van der Waals surface area (Å²) in [7, 11) is 1.67. The van der Waals surface area contributed by atoms with Gasteiger partial charge < -0.3 is 19.9 Å². The van der Waals surface area contributed by atoms with E-state index in [4.69, 9.17) is 9.47 Å². The number of nitrogens with one attached hydrogen (secondary N) is 1. The molecular formula is C14H18BrNO3. The highest BCUT2D eigenvalue weighted by molar-refractivity contribution is 9.10. The fraction of sp³-hybridized carbons (Fsp3) is 0.571. The summed E-state index contributed by atoms with van der Waals surface area (Å²) in [6.07, 6.45) is 0. The number of halogens is 1. The van der Waals surface area contributed by atoms with Crippen LogP contribution in [0.2, 0.25) is 0 Å². The molecule has 1 aromatic carbocycles. The monoisotopic (exact) mass is 327 g/mol. The first-order valence-electron chi connectivity index (χ1n) is 6.56. The molecule has 2 heterocycles. The SMILES string of the molecule is COc1cc(Br)c2c(c1)[C@@H]1CNC[C@H](CO)[C@H]1CO2. The molecule has 19 heavy (non-hydrogen) atoms. The number of aliphatic hydroxyl groups excluding tert-OH is 1. The van der Waals surface area contributed by atoms with Gasteiger partial charge in [-0.2, -0.15) is 0 Å². The van der Waals surface area contributed by atoms with Gasteiger partial charge in [0.1, 0.15) is 11.5 Å². The number of methoxy groups -OCH3 is 1. The maximum Gasteiger partial charge on any atom is 0.137 e. The van der Waals surface area contributed by atoms with Crippen LogP contribution < -0.4 is 14.8 Å². The van der Waals surface area contributed by atoms with Crippen molar-refractivity contribution in [3.05, 3.63) is 22.2 Å². The van der Waals surface area contributed by atoms with Crippen molar-refractivity contribution in [3.63, 3.8) is 0 Å². The van der Waals surface area contributed by atoms with Gasteiger partial charge in [0.2, 0.25) is 0 Å². The van der Waals surface area contributed by atoms with Gasteiger partial charge in [-0.15, -0.1) is 0 Å². The molecule has 1 aromatic rings. The Bertz CT molecular complexity index is 480. The quantitative estimate of drug-likeness (QED) is 0.869. The van der Waals surface area contributed by atoms with Crippen molar-refractivity contribution in [1.82, 2.24) is 5.32 Å². The highest BCUT2D eigenvalue weighted by atomic mass is 79.9. The molecule has 0 spiro atoms. The fourth-order valence-corrected chi connectivity index (χ4v) is 3.73. The van der Waals surface area contributed by atoms with Crippen molar-refractivity contribution in [2.24, 2.45) is 11.8 Å². The normalized spacial score (nSPS) is 29.1. The largest absolute Gasteiger partial charge is 0.497 e. The van der Waals surface area contributed by atoms with E-state index in [1.54, 1.807) is 7.11 Å². The maximum absolute atomic E-state index is 9.50. The minimum absolute atomic E-state index is 0.206. The molecule has 104 valence electrons. The van der Waals surface area contributed by atoms with E-state index in [9.17, 15) is 5.11 Å². The van der Waals surface area contributed by atoms with Crippen molar-refractivity contribution in [1.29, 1.82) is 0 Å². The number of hydrogen-bond donors (Lipinski definition) is 2. The molecule has 0 amide bonds. The number of fused-ring (bicyclic) bond motifs is 3. The second-order valence-electron chi connectivity index (χ2n) is 5.21. The molecule has 3 atom stereocenters. The summed E-state index contributed by atoms with van der Waals surface area (Å²) >= 11 is 3.55. The summed E-state index contributed by atoms with van der Waals surface area (Å²) in [5.74, 6) is 2.76. The maximum atomic E-state index is 9.50. The van der Waals surface area contributed by atoms with Gasteiger partial charge in [0.25, 0.3) is 0 Å². The van der Waals surface area contributed by atoms with Gasteiger partial charge in [-0.25, -0.2) is 0 Å². The van der Waals surface area contributed by atoms with Crippen LogP contribution >= 0.6 is 15.9 Å². The molecule has 0 bridgehead atoms. The van der Waals surface area contributed by atoms with Gasteiger partial charge in [0, 0.05) is 43.0 Å². The van der Waals surface area contributed by atoms with Gasteiger partial charge in [-0.3, -0.25) is 0 Å². The molecule has 2 aliphatic rings. The van der Waals surface area contributed by atoms with Crippen LogP contribution in [0, 0.1) is 11.8 Å². The third-order valence-electron chi connectivity index (χ3n) is 4.23. The topological polar surface area (TPSA) is 50.7 Å². The van der Waals surface area contributed by atoms with Crippen LogP contribution in [-0.4, -0.2) is 38.5 Å². The number of benzene rings is 1. The van der Waals surface area contributed by atoms with Crippen LogP contribution in [0.25, 0.3) is 0 Å². The number of ether oxygens (including phenoxy) is 2. The summed E-state index contributed by atoms with van der Waals surface area (Å²) in [5.41, 5.74) is 1.17. The van der Waals surface area contributed by atoms with Crippen molar-refractivity contribution in [3.8, 4) is 11.5 Å². The van der Waals surface area contributed by atoms with Crippen LogP contribution in [0.1, 0.15) is 11.5 Å². The summed E-state index contributed by atoms with van der Waals surface area (Å²) in [5, 5.41) is 12.9.